The summed E-state index contributed by atoms with van der Waals surface area (Å²) in [6.07, 6.45) is 0. The van der Waals surface area contributed by atoms with Crippen molar-refractivity contribution in [3.63, 3.8) is 0 Å². The Balaban J connectivity index is 1.93. The first-order chi connectivity index (χ1) is 8.65. The number of para-hydroxylation sites is 1. The Hall–Kier alpha value is -2.30. The van der Waals surface area contributed by atoms with Gasteiger partial charge in [-0.2, -0.15) is 0 Å². The number of benzene rings is 1. The second kappa shape index (κ2) is 5.35. The van der Waals surface area contributed by atoms with E-state index < -0.39 is 0 Å². The van der Waals surface area contributed by atoms with E-state index in [-0.39, 0.29) is 6.03 Å². The molecule has 2 amide bonds. The lowest BCUT2D eigenvalue weighted by atomic mass is 10.3. The average Bonchev–Trinajstić information content (AvgIpc) is 2.76. The molecule has 1 N–H and O–H groups in total. The van der Waals surface area contributed by atoms with Crippen LogP contribution < -0.4 is 5.32 Å². The third-order valence-corrected chi connectivity index (χ3v) is 2.45. The van der Waals surface area contributed by atoms with E-state index in [9.17, 15) is 4.79 Å². The van der Waals surface area contributed by atoms with Crippen molar-refractivity contribution < 1.29 is 9.32 Å². The maximum Gasteiger partial charge on any atom is 0.321 e. The fourth-order valence-electron chi connectivity index (χ4n) is 1.55. The summed E-state index contributed by atoms with van der Waals surface area (Å²) in [5.41, 5.74) is 1.50. The van der Waals surface area contributed by atoms with Crippen LogP contribution in [0.25, 0.3) is 0 Å². The molecular weight excluding hydrogens is 230 g/mol. The number of hydrogen-bond donors (Lipinski definition) is 1. The molecule has 1 aromatic heterocycles. The predicted octanol–water partition coefficient (Wildman–Crippen LogP) is 2.65. The third kappa shape index (κ3) is 3.10. The van der Waals surface area contributed by atoms with Gasteiger partial charge in [-0.15, -0.1) is 0 Å². The van der Waals surface area contributed by atoms with Crippen LogP contribution in [0.5, 0.6) is 0 Å². The molecular formula is C13H15N3O2. The number of rotatable bonds is 3. The smallest absolute Gasteiger partial charge is 0.321 e. The number of nitrogens with zero attached hydrogens (tertiary/aromatic N) is 2. The summed E-state index contributed by atoms with van der Waals surface area (Å²) in [6.45, 7) is 2.23. The fraction of sp³-hybridized carbons (Fsp3) is 0.231. The molecule has 0 saturated carbocycles. The highest BCUT2D eigenvalue weighted by molar-refractivity contribution is 5.88. The second-order valence-corrected chi connectivity index (χ2v) is 4.08. The molecule has 1 heterocycles. The Morgan fingerprint density at radius 3 is 2.72 bits per heavy atom. The molecule has 94 valence electrons. The molecule has 1 aromatic carbocycles. The summed E-state index contributed by atoms with van der Waals surface area (Å²) in [6, 6.07) is 11.0. The maximum absolute atomic E-state index is 11.9. The summed E-state index contributed by atoms with van der Waals surface area (Å²) in [7, 11) is 1.71. The maximum atomic E-state index is 11.9. The van der Waals surface area contributed by atoms with Gasteiger partial charge in [0, 0.05) is 18.8 Å². The number of carbonyl (C=O) groups is 1. The zero-order chi connectivity index (χ0) is 13.0. The Bertz CT molecular complexity index is 522. The molecule has 5 heteroatoms. The van der Waals surface area contributed by atoms with Gasteiger partial charge in [0.1, 0.15) is 11.5 Å². The number of nitrogens with one attached hydrogen (secondary N) is 1. The Kier molecular flexibility index (Phi) is 3.62. The lowest BCUT2D eigenvalue weighted by Gasteiger charge is -2.16. The Morgan fingerprint density at radius 1 is 1.39 bits per heavy atom. The number of carbonyl (C=O) groups excluding carboxylic acids is 1. The average molecular weight is 245 g/mol. The van der Waals surface area contributed by atoms with Crippen molar-refractivity contribution in [2.24, 2.45) is 0 Å². The van der Waals surface area contributed by atoms with Crippen LogP contribution in [-0.4, -0.2) is 23.1 Å². The quantitative estimate of drug-likeness (QED) is 0.904. The number of aromatic nitrogens is 1. The van der Waals surface area contributed by atoms with E-state index in [1.807, 2.05) is 43.3 Å². The van der Waals surface area contributed by atoms with Gasteiger partial charge in [0.2, 0.25) is 0 Å². The van der Waals surface area contributed by atoms with Gasteiger partial charge >= 0.3 is 6.03 Å². The van der Waals surface area contributed by atoms with Crippen LogP contribution in [-0.2, 0) is 6.54 Å². The fourth-order valence-corrected chi connectivity index (χ4v) is 1.55. The summed E-state index contributed by atoms with van der Waals surface area (Å²) in [4.78, 5) is 13.4. The Labute approximate surface area is 105 Å². The molecule has 0 unspecified atom stereocenters. The summed E-state index contributed by atoms with van der Waals surface area (Å²) in [5, 5.41) is 6.65. The largest absolute Gasteiger partial charge is 0.361 e. The molecule has 2 rings (SSSR count). The van der Waals surface area contributed by atoms with Crippen molar-refractivity contribution in [2.45, 2.75) is 13.5 Å². The second-order valence-electron chi connectivity index (χ2n) is 4.08. The first-order valence-electron chi connectivity index (χ1n) is 5.64. The minimum absolute atomic E-state index is 0.179. The van der Waals surface area contributed by atoms with Gasteiger partial charge in [0.15, 0.2) is 0 Å². The van der Waals surface area contributed by atoms with E-state index in [1.165, 1.54) is 0 Å². The van der Waals surface area contributed by atoms with Crippen molar-refractivity contribution in [1.29, 1.82) is 0 Å². The van der Waals surface area contributed by atoms with Crippen LogP contribution in [0.4, 0.5) is 10.5 Å². The zero-order valence-electron chi connectivity index (χ0n) is 10.4. The van der Waals surface area contributed by atoms with Crippen LogP contribution >= 0.6 is 0 Å². The molecule has 0 aliphatic heterocycles. The van der Waals surface area contributed by atoms with Gasteiger partial charge in [0.05, 0.1) is 6.54 Å². The number of anilines is 1. The summed E-state index contributed by atoms with van der Waals surface area (Å²) < 4.78 is 4.96. The van der Waals surface area contributed by atoms with Crippen LogP contribution in [0.1, 0.15) is 11.5 Å². The van der Waals surface area contributed by atoms with Crippen LogP contribution in [0.3, 0.4) is 0 Å². The molecule has 0 saturated heterocycles. The first-order valence-corrected chi connectivity index (χ1v) is 5.64. The highest BCUT2D eigenvalue weighted by atomic mass is 16.5. The third-order valence-electron chi connectivity index (χ3n) is 2.45. The number of hydrogen-bond acceptors (Lipinski definition) is 3. The van der Waals surface area contributed by atoms with Crippen molar-refractivity contribution >= 4 is 11.7 Å². The highest BCUT2D eigenvalue weighted by Crippen LogP contribution is 2.08. The number of urea groups is 1. The van der Waals surface area contributed by atoms with E-state index in [1.54, 1.807) is 11.9 Å². The first kappa shape index (κ1) is 12.2. The predicted molar refractivity (Wildman–Crippen MR) is 68.2 cm³/mol. The van der Waals surface area contributed by atoms with Crippen molar-refractivity contribution in [3.05, 3.63) is 47.9 Å². The monoisotopic (exact) mass is 245 g/mol. The molecule has 0 aliphatic rings. The summed E-state index contributed by atoms with van der Waals surface area (Å²) in [5.74, 6) is 0.738. The lowest BCUT2D eigenvalue weighted by Crippen LogP contribution is -2.30. The van der Waals surface area contributed by atoms with Gasteiger partial charge < -0.3 is 14.7 Å². The molecule has 18 heavy (non-hydrogen) atoms. The van der Waals surface area contributed by atoms with E-state index >= 15 is 0 Å². The van der Waals surface area contributed by atoms with Crippen LogP contribution in [0.2, 0.25) is 0 Å². The molecule has 0 fully saturated rings. The van der Waals surface area contributed by atoms with E-state index in [0.717, 1.165) is 17.1 Å². The van der Waals surface area contributed by atoms with Gasteiger partial charge in [-0.1, -0.05) is 23.4 Å². The number of aryl methyl sites for hydroxylation is 1. The highest BCUT2D eigenvalue weighted by Gasteiger charge is 2.11. The van der Waals surface area contributed by atoms with Crippen molar-refractivity contribution in [1.82, 2.24) is 10.1 Å². The van der Waals surface area contributed by atoms with Gasteiger partial charge in [-0.05, 0) is 19.1 Å². The molecule has 0 radical (unpaired) electrons. The molecule has 0 spiro atoms. The van der Waals surface area contributed by atoms with Crippen LogP contribution in [0.15, 0.2) is 40.9 Å². The van der Waals surface area contributed by atoms with Crippen molar-refractivity contribution in [3.8, 4) is 0 Å². The topological polar surface area (TPSA) is 58.4 Å². The molecule has 2 aromatic rings. The number of amides is 2. The molecule has 0 aliphatic carbocycles. The van der Waals surface area contributed by atoms with Gasteiger partial charge in [-0.3, -0.25) is 0 Å². The van der Waals surface area contributed by atoms with E-state index in [4.69, 9.17) is 4.52 Å². The van der Waals surface area contributed by atoms with Gasteiger partial charge in [-0.25, -0.2) is 4.79 Å². The van der Waals surface area contributed by atoms with Gasteiger partial charge in [0.25, 0.3) is 0 Å². The normalized spacial score (nSPS) is 10.1. The lowest BCUT2D eigenvalue weighted by molar-refractivity contribution is 0.219. The van der Waals surface area contributed by atoms with Crippen molar-refractivity contribution in [2.75, 3.05) is 12.4 Å². The minimum Gasteiger partial charge on any atom is -0.361 e. The summed E-state index contributed by atoms with van der Waals surface area (Å²) >= 11 is 0. The molecule has 0 atom stereocenters. The van der Waals surface area contributed by atoms with E-state index in [2.05, 4.69) is 10.5 Å². The minimum atomic E-state index is -0.179. The standard InChI is InChI=1S/C13H15N3O2/c1-10-8-12(15-18-10)9-16(2)13(17)14-11-6-4-3-5-7-11/h3-8H,9H2,1-2H3,(H,14,17). The molecule has 5 nitrogen and oxygen atoms in total. The van der Waals surface area contributed by atoms with E-state index in [0.29, 0.717) is 6.54 Å². The SMILES string of the molecule is Cc1cc(CN(C)C(=O)Nc2ccccc2)no1. The Morgan fingerprint density at radius 2 is 2.11 bits per heavy atom. The zero-order valence-corrected chi connectivity index (χ0v) is 10.4. The van der Waals surface area contributed by atoms with Crippen LogP contribution in [0, 0.1) is 6.92 Å². The molecule has 0 bridgehead atoms.